The van der Waals surface area contributed by atoms with Gasteiger partial charge in [-0.2, -0.15) is 13.2 Å². The van der Waals surface area contributed by atoms with Crippen LogP contribution >= 0.6 is 0 Å². The monoisotopic (exact) mass is 459 g/mol. The smallest absolute Gasteiger partial charge is 0.383 e. The number of methoxy groups -OCH3 is 1. The number of nitrogens with one attached hydrogen (secondary N) is 1. The third kappa shape index (κ3) is 6.61. The molecule has 0 aliphatic heterocycles. The molecule has 2 aromatic carbocycles. The molecule has 0 saturated carbocycles. The van der Waals surface area contributed by atoms with Gasteiger partial charge in [0.2, 0.25) is 0 Å². The van der Waals surface area contributed by atoms with Crippen LogP contribution in [-0.2, 0) is 24.0 Å². The standard InChI is InChI=1S/C25H28F3N3O2/c1-18-9-10-23(19(2)14-18)29-24(32)31(12-13-33-3)17-22-8-5-11-30(22)16-20-6-4-7-21(15-20)25(26,27)28/h4-11,14-15H,12-13,16-17H2,1-3H3,(H,29,32). The maximum Gasteiger partial charge on any atom is 0.416 e. The number of rotatable bonds is 8. The van der Waals surface area contributed by atoms with Crippen LogP contribution in [0.2, 0.25) is 0 Å². The molecule has 0 spiro atoms. The second-order valence-electron chi connectivity index (χ2n) is 7.99. The van der Waals surface area contributed by atoms with E-state index in [0.717, 1.165) is 34.6 Å². The highest BCUT2D eigenvalue weighted by Crippen LogP contribution is 2.29. The predicted octanol–water partition coefficient (Wildman–Crippen LogP) is 5.85. The minimum absolute atomic E-state index is 0.267. The summed E-state index contributed by atoms with van der Waals surface area (Å²) in [6, 6.07) is 14.5. The minimum Gasteiger partial charge on any atom is -0.383 e. The van der Waals surface area contributed by atoms with Crippen molar-refractivity contribution in [3.8, 4) is 0 Å². The Morgan fingerprint density at radius 3 is 2.58 bits per heavy atom. The van der Waals surface area contributed by atoms with Gasteiger partial charge < -0.3 is 19.5 Å². The molecule has 1 N–H and O–H groups in total. The Hall–Kier alpha value is -3.26. The lowest BCUT2D eigenvalue weighted by atomic mass is 10.1. The molecule has 33 heavy (non-hydrogen) atoms. The summed E-state index contributed by atoms with van der Waals surface area (Å²) in [6.07, 6.45) is -2.59. The van der Waals surface area contributed by atoms with E-state index in [-0.39, 0.29) is 19.1 Å². The zero-order valence-corrected chi connectivity index (χ0v) is 18.9. The molecule has 3 aromatic rings. The average molecular weight is 460 g/mol. The van der Waals surface area contributed by atoms with E-state index in [1.165, 1.54) is 6.07 Å². The number of aryl methyl sites for hydroxylation is 2. The van der Waals surface area contributed by atoms with E-state index >= 15 is 0 Å². The van der Waals surface area contributed by atoms with Crippen molar-refractivity contribution in [1.82, 2.24) is 9.47 Å². The summed E-state index contributed by atoms with van der Waals surface area (Å²) < 4.78 is 46.2. The number of carbonyl (C=O) groups is 1. The number of benzene rings is 2. The number of hydrogen-bond acceptors (Lipinski definition) is 2. The van der Waals surface area contributed by atoms with Crippen LogP contribution in [0.4, 0.5) is 23.7 Å². The van der Waals surface area contributed by atoms with Crippen molar-refractivity contribution in [3.63, 3.8) is 0 Å². The molecule has 2 amide bonds. The van der Waals surface area contributed by atoms with Crippen molar-refractivity contribution in [1.29, 1.82) is 0 Å². The van der Waals surface area contributed by atoms with Crippen LogP contribution < -0.4 is 5.32 Å². The first-order chi connectivity index (χ1) is 15.7. The molecule has 176 valence electrons. The zero-order chi connectivity index (χ0) is 24.0. The van der Waals surface area contributed by atoms with E-state index in [0.29, 0.717) is 18.7 Å². The number of urea groups is 1. The van der Waals surface area contributed by atoms with Gasteiger partial charge in [-0.3, -0.25) is 0 Å². The van der Waals surface area contributed by atoms with Crippen molar-refractivity contribution < 1.29 is 22.7 Å². The summed E-state index contributed by atoms with van der Waals surface area (Å²) in [7, 11) is 1.57. The first-order valence-electron chi connectivity index (χ1n) is 10.6. The molecule has 0 saturated heterocycles. The molecule has 1 heterocycles. The number of amides is 2. The van der Waals surface area contributed by atoms with Gasteiger partial charge in [0.25, 0.3) is 0 Å². The first-order valence-corrected chi connectivity index (χ1v) is 10.6. The number of halogens is 3. The molecule has 0 fully saturated rings. The van der Waals surface area contributed by atoms with Gasteiger partial charge in [-0.15, -0.1) is 0 Å². The van der Waals surface area contributed by atoms with Gasteiger partial charge in [-0.05, 0) is 55.3 Å². The summed E-state index contributed by atoms with van der Waals surface area (Å²) in [6.45, 7) is 5.19. The molecular weight excluding hydrogens is 431 g/mol. The fourth-order valence-electron chi connectivity index (χ4n) is 3.59. The molecule has 5 nitrogen and oxygen atoms in total. The Morgan fingerprint density at radius 2 is 1.88 bits per heavy atom. The third-order valence-corrected chi connectivity index (χ3v) is 5.36. The Labute approximate surface area is 191 Å². The van der Waals surface area contributed by atoms with E-state index in [1.807, 2.05) is 48.7 Å². The number of ether oxygens (including phenoxy) is 1. The third-order valence-electron chi connectivity index (χ3n) is 5.36. The van der Waals surface area contributed by atoms with Crippen molar-refractivity contribution >= 4 is 11.7 Å². The zero-order valence-electron chi connectivity index (χ0n) is 18.9. The Bertz CT molecular complexity index is 1090. The average Bonchev–Trinajstić information content (AvgIpc) is 3.19. The van der Waals surface area contributed by atoms with Crippen LogP contribution in [0.25, 0.3) is 0 Å². The molecule has 1 aromatic heterocycles. The summed E-state index contributed by atoms with van der Waals surface area (Å²) in [4.78, 5) is 14.7. The maximum atomic E-state index is 13.1. The predicted molar refractivity (Wildman–Crippen MR) is 122 cm³/mol. The summed E-state index contributed by atoms with van der Waals surface area (Å²) in [5, 5.41) is 2.95. The van der Waals surface area contributed by atoms with Crippen LogP contribution in [0.1, 0.15) is 27.9 Å². The van der Waals surface area contributed by atoms with Gasteiger partial charge in [0, 0.05) is 37.8 Å². The fraction of sp³-hybridized carbons (Fsp3) is 0.320. The largest absolute Gasteiger partial charge is 0.416 e. The van der Waals surface area contributed by atoms with Gasteiger partial charge >= 0.3 is 12.2 Å². The Kier molecular flexibility index (Phi) is 7.81. The summed E-state index contributed by atoms with van der Waals surface area (Å²) in [5.41, 5.74) is 3.46. The lowest BCUT2D eigenvalue weighted by Gasteiger charge is -2.24. The highest BCUT2D eigenvalue weighted by Gasteiger charge is 2.30. The molecule has 0 aliphatic carbocycles. The topological polar surface area (TPSA) is 46.5 Å². The van der Waals surface area contributed by atoms with Crippen LogP contribution in [0, 0.1) is 13.8 Å². The normalized spacial score (nSPS) is 11.5. The fourth-order valence-corrected chi connectivity index (χ4v) is 3.59. The molecule has 8 heteroatoms. The highest BCUT2D eigenvalue weighted by molar-refractivity contribution is 5.90. The van der Waals surface area contributed by atoms with E-state index in [4.69, 9.17) is 4.74 Å². The highest BCUT2D eigenvalue weighted by atomic mass is 19.4. The maximum absolute atomic E-state index is 13.1. The van der Waals surface area contributed by atoms with E-state index in [2.05, 4.69) is 5.32 Å². The van der Waals surface area contributed by atoms with Crippen molar-refractivity contribution in [2.24, 2.45) is 0 Å². The van der Waals surface area contributed by atoms with Crippen molar-refractivity contribution in [3.05, 3.63) is 88.7 Å². The number of carbonyl (C=O) groups excluding carboxylic acids is 1. The van der Waals surface area contributed by atoms with Gasteiger partial charge in [0.05, 0.1) is 18.7 Å². The van der Waals surface area contributed by atoms with E-state index < -0.39 is 11.7 Å². The Morgan fingerprint density at radius 1 is 1.09 bits per heavy atom. The van der Waals surface area contributed by atoms with E-state index in [9.17, 15) is 18.0 Å². The van der Waals surface area contributed by atoms with Gasteiger partial charge in [-0.25, -0.2) is 4.79 Å². The molecule has 0 radical (unpaired) electrons. The summed E-state index contributed by atoms with van der Waals surface area (Å²) >= 11 is 0. The number of nitrogens with zero attached hydrogens (tertiary/aromatic N) is 2. The van der Waals surface area contributed by atoms with Gasteiger partial charge in [0.1, 0.15) is 0 Å². The number of hydrogen-bond donors (Lipinski definition) is 1. The number of aromatic nitrogens is 1. The number of alkyl halides is 3. The summed E-state index contributed by atoms with van der Waals surface area (Å²) in [5.74, 6) is 0. The molecule has 0 bridgehead atoms. The van der Waals surface area contributed by atoms with Crippen LogP contribution in [-0.4, -0.2) is 35.8 Å². The van der Waals surface area contributed by atoms with Crippen LogP contribution in [0.5, 0.6) is 0 Å². The second-order valence-corrected chi connectivity index (χ2v) is 7.99. The van der Waals surface area contributed by atoms with E-state index in [1.54, 1.807) is 24.3 Å². The van der Waals surface area contributed by atoms with Gasteiger partial charge in [0.15, 0.2) is 0 Å². The molecule has 3 rings (SSSR count). The lowest BCUT2D eigenvalue weighted by Crippen LogP contribution is -2.37. The SMILES string of the molecule is COCCN(Cc1cccn1Cc1cccc(C(F)(F)F)c1)C(=O)Nc1ccc(C)cc1C. The first kappa shape index (κ1) is 24.4. The Balaban J connectivity index is 1.76. The van der Waals surface area contributed by atoms with Gasteiger partial charge in [-0.1, -0.05) is 29.8 Å². The van der Waals surface area contributed by atoms with Crippen LogP contribution in [0.15, 0.2) is 60.8 Å². The van der Waals surface area contributed by atoms with Crippen LogP contribution in [0.3, 0.4) is 0 Å². The number of anilines is 1. The molecule has 0 unspecified atom stereocenters. The van der Waals surface area contributed by atoms with Crippen molar-refractivity contribution in [2.75, 3.05) is 25.6 Å². The molecular formula is C25H28F3N3O2. The molecule has 0 atom stereocenters. The lowest BCUT2D eigenvalue weighted by molar-refractivity contribution is -0.137. The minimum atomic E-state index is -4.39. The second kappa shape index (κ2) is 10.6. The molecule has 0 aliphatic rings. The van der Waals surface area contributed by atoms with Crippen molar-refractivity contribution in [2.45, 2.75) is 33.1 Å². The quantitative estimate of drug-likeness (QED) is 0.459.